The van der Waals surface area contributed by atoms with Crippen molar-refractivity contribution in [1.82, 2.24) is 4.57 Å². The van der Waals surface area contributed by atoms with Crippen LogP contribution >= 0.6 is 0 Å². The van der Waals surface area contributed by atoms with E-state index in [1.807, 2.05) is 38.1 Å². The SMILES string of the molecule is C/C=C\C(=C/C)c1cc2c3ccccc3ccc2n1-c1cccc(C(=O)O)c1. The minimum Gasteiger partial charge on any atom is -0.478 e. The number of carboxylic acids is 1. The van der Waals surface area contributed by atoms with E-state index in [0.29, 0.717) is 0 Å². The standard InChI is InChI=1S/C25H21NO2/c1-3-8-17(4-2)24-16-22-21-12-6-5-9-18(21)13-14-23(22)26(24)20-11-7-10-19(15-20)25(27)28/h3-16H,1-2H3,(H,27,28)/b8-3-,17-4+. The molecule has 3 nitrogen and oxygen atoms in total. The summed E-state index contributed by atoms with van der Waals surface area (Å²) in [5.41, 5.74) is 4.29. The fourth-order valence-electron chi connectivity index (χ4n) is 3.74. The average molecular weight is 367 g/mol. The Labute approximate surface area is 163 Å². The highest BCUT2D eigenvalue weighted by Gasteiger charge is 2.15. The van der Waals surface area contributed by atoms with Gasteiger partial charge in [0.2, 0.25) is 0 Å². The number of nitrogens with zero attached hydrogens (tertiary/aromatic N) is 1. The molecule has 0 unspecified atom stereocenters. The molecule has 1 N–H and O–H groups in total. The number of aromatic carboxylic acids is 1. The van der Waals surface area contributed by atoms with E-state index in [2.05, 4.69) is 47.1 Å². The number of fused-ring (bicyclic) bond motifs is 3. The Hall–Kier alpha value is -3.59. The molecule has 138 valence electrons. The van der Waals surface area contributed by atoms with Crippen molar-refractivity contribution in [1.29, 1.82) is 0 Å². The van der Waals surface area contributed by atoms with Crippen LogP contribution in [0.5, 0.6) is 0 Å². The Morgan fingerprint density at radius 2 is 1.75 bits per heavy atom. The van der Waals surface area contributed by atoms with Gasteiger partial charge >= 0.3 is 5.97 Å². The number of allylic oxidation sites excluding steroid dienone is 4. The van der Waals surface area contributed by atoms with E-state index in [9.17, 15) is 9.90 Å². The summed E-state index contributed by atoms with van der Waals surface area (Å²) in [7, 11) is 0. The molecule has 0 bridgehead atoms. The summed E-state index contributed by atoms with van der Waals surface area (Å²) in [6, 6.07) is 21.8. The first-order valence-corrected chi connectivity index (χ1v) is 9.30. The van der Waals surface area contributed by atoms with Crippen LogP contribution in [0.1, 0.15) is 29.9 Å². The van der Waals surface area contributed by atoms with Gasteiger partial charge in [-0.15, -0.1) is 0 Å². The van der Waals surface area contributed by atoms with Gasteiger partial charge in [-0.05, 0) is 60.5 Å². The number of carboxylic acid groups (broad SMARTS) is 1. The molecule has 4 aromatic rings. The van der Waals surface area contributed by atoms with Crippen molar-refractivity contribution >= 4 is 33.2 Å². The molecule has 0 saturated carbocycles. The smallest absolute Gasteiger partial charge is 0.335 e. The summed E-state index contributed by atoms with van der Waals surface area (Å²) in [4.78, 5) is 11.5. The second-order valence-corrected chi connectivity index (χ2v) is 6.68. The van der Waals surface area contributed by atoms with Crippen LogP contribution in [0.3, 0.4) is 0 Å². The van der Waals surface area contributed by atoms with Gasteiger partial charge in [0.25, 0.3) is 0 Å². The fraction of sp³-hybridized carbons (Fsp3) is 0.0800. The molecule has 0 aliphatic heterocycles. The van der Waals surface area contributed by atoms with Gasteiger partial charge < -0.3 is 9.67 Å². The Bertz CT molecular complexity index is 1260. The van der Waals surface area contributed by atoms with Crippen LogP contribution in [0.4, 0.5) is 0 Å². The maximum absolute atomic E-state index is 11.5. The number of aromatic nitrogens is 1. The van der Waals surface area contributed by atoms with Gasteiger partial charge in [-0.1, -0.05) is 54.6 Å². The molecule has 1 aromatic heterocycles. The van der Waals surface area contributed by atoms with Crippen LogP contribution in [0.25, 0.3) is 32.9 Å². The molecule has 3 heteroatoms. The third kappa shape index (κ3) is 2.91. The number of hydrogen-bond acceptors (Lipinski definition) is 1. The van der Waals surface area contributed by atoms with Crippen molar-refractivity contribution in [3.8, 4) is 5.69 Å². The lowest BCUT2D eigenvalue weighted by Crippen LogP contribution is -2.02. The minimum atomic E-state index is -0.926. The molecule has 4 rings (SSSR count). The molecular weight excluding hydrogens is 346 g/mol. The Morgan fingerprint density at radius 1 is 0.929 bits per heavy atom. The quantitative estimate of drug-likeness (QED) is 0.421. The topological polar surface area (TPSA) is 42.2 Å². The Kier molecular flexibility index (Phi) is 4.58. The zero-order valence-corrected chi connectivity index (χ0v) is 15.9. The van der Waals surface area contributed by atoms with Crippen molar-refractivity contribution in [2.24, 2.45) is 0 Å². The average Bonchev–Trinajstić information content (AvgIpc) is 3.12. The maximum Gasteiger partial charge on any atom is 0.335 e. The van der Waals surface area contributed by atoms with Gasteiger partial charge in [0.05, 0.1) is 16.8 Å². The fourth-order valence-corrected chi connectivity index (χ4v) is 3.74. The molecule has 0 fully saturated rings. The van der Waals surface area contributed by atoms with Crippen LogP contribution in [-0.4, -0.2) is 15.6 Å². The summed E-state index contributed by atoms with van der Waals surface area (Å²) >= 11 is 0. The molecule has 0 radical (unpaired) electrons. The van der Waals surface area contributed by atoms with E-state index >= 15 is 0 Å². The van der Waals surface area contributed by atoms with Gasteiger partial charge in [0.15, 0.2) is 0 Å². The zero-order chi connectivity index (χ0) is 19.7. The van der Waals surface area contributed by atoms with Crippen LogP contribution in [-0.2, 0) is 0 Å². The van der Waals surface area contributed by atoms with E-state index in [1.165, 1.54) is 10.8 Å². The minimum absolute atomic E-state index is 0.277. The number of carbonyl (C=O) groups is 1. The molecule has 28 heavy (non-hydrogen) atoms. The highest BCUT2D eigenvalue weighted by Crippen LogP contribution is 2.34. The summed E-state index contributed by atoms with van der Waals surface area (Å²) in [5, 5.41) is 13.0. The van der Waals surface area contributed by atoms with E-state index < -0.39 is 5.97 Å². The van der Waals surface area contributed by atoms with E-state index in [-0.39, 0.29) is 5.56 Å². The number of hydrogen-bond donors (Lipinski definition) is 1. The highest BCUT2D eigenvalue weighted by atomic mass is 16.4. The zero-order valence-electron chi connectivity index (χ0n) is 15.9. The lowest BCUT2D eigenvalue weighted by molar-refractivity contribution is 0.0697. The van der Waals surface area contributed by atoms with Gasteiger partial charge in [-0.2, -0.15) is 0 Å². The van der Waals surface area contributed by atoms with Crippen molar-refractivity contribution in [2.75, 3.05) is 0 Å². The highest BCUT2D eigenvalue weighted by molar-refractivity contribution is 6.08. The van der Waals surface area contributed by atoms with Crippen LogP contribution in [0.2, 0.25) is 0 Å². The van der Waals surface area contributed by atoms with Gasteiger partial charge in [0.1, 0.15) is 0 Å². The normalized spacial score (nSPS) is 12.3. The number of rotatable bonds is 4. The summed E-state index contributed by atoms with van der Waals surface area (Å²) in [6.45, 7) is 4.01. The van der Waals surface area contributed by atoms with Crippen LogP contribution < -0.4 is 0 Å². The lowest BCUT2D eigenvalue weighted by Gasteiger charge is -2.13. The monoisotopic (exact) mass is 367 g/mol. The second kappa shape index (κ2) is 7.20. The molecule has 0 aliphatic carbocycles. The molecule has 1 heterocycles. The maximum atomic E-state index is 11.5. The molecule has 0 amide bonds. The van der Waals surface area contributed by atoms with Gasteiger partial charge in [0, 0.05) is 11.1 Å². The third-order valence-electron chi connectivity index (χ3n) is 5.01. The molecule has 0 aliphatic rings. The van der Waals surface area contributed by atoms with E-state index in [0.717, 1.165) is 27.9 Å². The first kappa shape index (κ1) is 17.8. The molecule has 0 atom stereocenters. The van der Waals surface area contributed by atoms with Gasteiger partial charge in [-0.25, -0.2) is 4.79 Å². The summed E-state index contributed by atoms with van der Waals surface area (Å²) in [5.74, 6) is -0.926. The third-order valence-corrected chi connectivity index (χ3v) is 5.01. The molecule has 0 spiro atoms. The Morgan fingerprint density at radius 3 is 2.50 bits per heavy atom. The van der Waals surface area contributed by atoms with E-state index in [4.69, 9.17) is 0 Å². The van der Waals surface area contributed by atoms with Crippen LogP contribution in [0.15, 0.2) is 85.0 Å². The largest absolute Gasteiger partial charge is 0.478 e. The molecule has 3 aromatic carbocycles. The van der Waals surface area contributed by atoms with E-state index in [1.54, 1.807) is 18.2 Å². The molecular formula is C25H21NO2. The predicted octanol–water partition coefficient (Wildman–Crippen LogP) is 6.46. The Balaban J connectivity index is 2.12. The van der Waals surface area contributed by atoms with Crippen molar-refractivity contribution < 1.29 is 9.90 Å². The number of benzene rings is 3. The summed E-state index contributed by atoms with van der Waals surface area (Å²) < 4.78 is 2.14. The first-order valence-electron chi connectivity index (χ1n) is 9.30. The van der Waals surface area contributed by atoms with Crippen molar-refractivity contribution in [3.63, 3.8) is 0 Å². The molecule has 0 saturated heterocycles. The van der Waals surface area contributed by atoms with Crippen molar-refractivity contribution in [2.45, 2.75) is 13.8 Å². The predicted molar refractivity (Wildman–Crippen MR) is 116 cm³/mol. The van der Waals surface area contributed by atoms with Crippen molar-refractivity contribution in [3.05, 3.63) is 96.2 Å². The second-order valence-electron chi connectivity index (χ2n) is 6.68. The first-order chi connectivity index (χ1) is 13.6. The summed E-state index contributed by atoms with van der Waals surface area (Å²) in [6.07, 6.45) is 6.17. The van der Waals surface area contributed by atoms with Gasteiger partial charge in [-0.3, -0.25) is 0 Å². The lowest BCUT2D eigenvalue weighted by atomic mass is 10.1. The van der Waals surface area contributed by atoms with Crippen LogP contribution in [0, 0.1) is 0 Å².